The standard InChI is InChI=1S/C21H24N2O5S/c1-21(2,3)28-20(25)15-22-29(26,27)18-12-10-17(11-13-18)23-19(24)14-9-16-7-5-4-6-8-16/h4-14,22H,15H2,1-3H3,(H,23,24). The van der Waals surface area contributed by atoms with Gasteiger partial charge in [0.15, 0.2) is 0 Å². The molecule has 0 atom stereocenters. The molecule has 0 aliphatic rings. The fourth-order valence-corrected chi connectivity index (χ4v) is 3.22. The highest BCUT2D eigenvalue weighted by atomic mass is 32.2. The average Bonchev–Trinajstić information content (AvgIpc) is 2.65. The summed E-state index contributed by atoms with van der Waals surface area (Å²) < 4.78 is 31.8. The van der Waals surface area contributed by atoms with Gasteiger partial charge in [-0.2, -0.15) is 4.72 Å². The molecule has 2 rings (SSSR count). The Morgan fingerprint density at radius 2 is 1.62 bits per heavy atom. The molecule has 29 heavy (non-hydrogen) atoms. The van der Waals surface area contributed by atoms with Gasteiger partial charge >= 0.3 is 5.97 Å². The van der Waals surface area contributed by atoms with Crippen molar-refractivity contribution < 1.29 is 22.7 Å². The number of carbonyl (C=O) groups excluding carboxylic acids is 2. The van der Waals surface area contributed by atoms with Crippen LogP contribution in [0.1, 0.15) is 26.3 Å². The first-order valence-corrected chi connectivity index (χ1v) is 10.4. The molecular formula is C21H24N2O5S. The summed E-state index contributed by atoms with van der Waals surface area (Å²) in [6, 6.07) is 15.0. The summed E-state index contributed by atoms with van der Waals surface area (Å²) in [7, 11) is -3.88. The maximum atomic E-state index is 12.3. The van der Waals surface area contributed by atoms with Crippen LogP contribution in [0.15, 0.2) is 65.6 Å². The molecule has 0 aromatic heterocycles. The Balaban J connectivity index is 1.94. The molecule has 154 valence electrons. The molecule has 0 unspecified atom stereocenters. The van der Waals surface area contributed by atoms with Gasteiger partial charge in [-0.1, -0.05) is 30.3 Å². The lowest BCUT2D eigenvalue weighted by atomic mass is 10.2. The van der Waals surface area contributed by atoms with Crippen molar-refractivity contribution in [1.29, 1.82) is 0 Å². The SMILES string of the molecule is CC(C)(C)OC(=O)CNS(=O)(=O)c1ccc(NC(=O)C=Cc2ccccc2)cc1. The molecule has 2 N–H and O–H groups in total. The van der Waals surface area contributed by atoms with E-state index in [1.54, 1.807) is 26.8 Å². The predicted molar refractivity (Wildman–Crippen MR) is 112 cm³/mol. The molecule has 2 aromatic carbocycles. The van der Waals surface area contributed by atoms with Gasteiger partial charge in [-0.05, 0) is 56.7 Å². The second-order valence-electron chi connectivity index (χ2n) is 7.17. The molecule has 0 saturated carbocycles. The zero-order valence-electron chi connectivity index (χ0n) is 16.5. The summed E-state index contributed by atoms with van der Waals surface area (Å²) in [5, 5.41) is 2.65. The van der Waals surface area contributed by atoms with E-state index in [0.29, 0.717) is 5.69 Å². The summed E-state index contributed by atoms with van der Waals surface area (Å²) in [5.41, 5.74) is 0.635. The Hall–Kier alpha value is -2.97. The molecule has 0 bridgehead atoms. The number of ether oxygens (including phenoxy) is 1. The van der Waals surface area contributed by atoms with Gasteiger partial charge in [-0.25, -0.2) is 8.42 Å². The topological polar surface area (TPSA) is 102 Å². The van der Waals surface area contributed by atoms with E-state index in [1.165, 1.54) is 30.3 Å². The van der Waals surface area contributed by atoms with Gasteiger partial charge in [0.1, 0.15) is 12.1 Å². The number of hydrogen-bond donors (Lipinski definition) is 2. The van der Waals surface area contributed by atoms with Crippen molar-refractivity contribution in [2.24, 2.45) is 0 Å². The summed E-state index contributed by atoms with van der Waals surface area (Å²) in [5.74, 6) is -1.01. The highest BCUT2D eigenvalue weighted by Gasteiger charge is 2.20. The van der Waals surface area contributed by atoms with Crippen molar-refractivity contribution in [3.63, 3.8) is 0 Å². The lowest BCUT2D eigenvalue weighted by molar-refractivity contribution is -0.153. The second-order valence-corrected chi connectivity index (χ2v) is 8.94. The second kappa shape index (κ2) is 9.49. The molecule has 1 amide bonds. The van der Waals surface area contributed by atoms with Gasteiger partial charge in [0.25, 0.3) is 0 Å². The van der Waals surface area contributed by atoms with Crippen molar-refractivity contribution in [2.45, 2.75) is 31.3 Å². The number of carbonyl (C=O) groups is 2. The zero-order chi connectivity index (χ0) is 21.5. The van der Waals surface area contributed by atoms with Crippen LogP contribution in [0.5, 0.6) is 0 Å². The molecule has 7 nitrogen and oxygen atoms in total. The predicted octanol–water partition coefficient (Wildman–Crippen LogP) is 2.96. The lowest BCUT2D eigenvalue weighted by Gasteiger charge is -2.19. The highest BCUT2D eigenvalue weighted by Crippen LogP contribution is 2.14. The van der Waals surface area contributed by atoms with Crippen LogP contribution in [0, 0.1) is 0 Å². The highest BCUT2D eigenvalue weighted by molar-refractivity contribution is 7.89. The summed E-state index contributed by atoms with van der Waals surface area (Å²) >= 11 is 0. The van der Waals surface area contributed by atoms with Gasteiger partial charge in [-0.15, -0.1) is 0 Å². The van der Waals surface area contributed by atoms with E-state index in [2.05, 4.69) is 10.0 Å². The molecule has 0 saturated heterocycles. The van der Waals surface area contributed by atoms with E-state index >= 15 is 0 Å². The molecule has 0 aliphatic carbocycles. The van der Waals surface area contributed by atoms with Gasteiger partial charge in [0.05, 0.1) is 4.90 Å². The molecule has 0 heterocycles. The van der Waals surface area contributed by atoms with Crippen molar-refractivity contribution in [2.75, 3.05) is 11.9 Å². The van der Waals surface area contributed by atoms with E-state index in [-0.39, 0.29) is 10.8 Å². The van der Waals surface area contributed by atoms with E-state index in [4.69, 9.17) is 4.74 Å². The number of anilines is 1. The van der Waals surface area contributed by atoms with Gasteiger partial charge in [0, 0.05) is 11.8 Å². The third kappa shape index (κ3) is 7.89. The van der Waals surface area contributed by atoms with Gasteiger partial charge in [-0.3, -0.25) is 9.59 Å². The van der Waals surface area contributed by atoms with Crippen LogP contribution >= 0.6 is 0 Å². The van der Waals surface area contributed by atoms with Crippen LogP contribution in [-0.4, -0.2) is 32.4 Å². The third-order valence-electron chi connectivity index (χ3n) is 3.49. The quantitative estimate of drug-likeness (QED) is 0.534. The molecule has 0 spiro atoms. The van der Waals surface area contributed by atoms with Crippen LogP contribution in [0.2, 0.25) is 0 Å². The monoisotopic (exact) mass is 416 g/mol. The Bertz CT molecular complexity index is 976. The molecular weight excluding hydrogens is 392 g/mol. The zero-order valence-corrected chi connectivity index (χ0v) is 17.3. The van der Waals surface area contributed by atoms with Crippen LogP contribution in [0.3, 0.4) is 0 Å². The Labute approximate surface area is 170 Å². The number of nitrogens with one attached hydrogen (secondary N) is 2. The first-order chi connectivity index (χ1) is 13.5. The number of hydrogen-bond acceptors (Lipinski definition) is 5. The third-order valence-corrected chi connectivity index (χ3v) is 4.90. The first-order valence-electron chi connectivity index (χ1n) is 8.91. The van der Waals surface area contributed by atoms with Gasteiger partial charge in [0.2, 0.25) is 15.9 Å². The Morgan fingerprint density at radius 1 is 1.00 bits per heavy atom. The van der Waals surface area contributed by atoms with Crippen molar-refractivity contribution in [3.8, 4) is 0 Å². The van der Waals surface area contributed by atoms with Crippen molar-refractivity contribution in [1.82, 2.24) is 4.72 Å². The minimum absolute atomic E-state index is 0.0288. The number of esters is 1. The van der Waals surface area contributed by atoms with Crippen molar-refractivity contribution in [3.05, 3.63) is 66.2 Å². The minimum atomic E-state index is -3.88. The summed E-state index contributed by atoms with van der Waals surface area (Å²) in [6.07, 6.45) is 3.07. The lowest BCUT2D eigenvalue weighted by Crippen LogP contribution is -2.34. The van der Waals surface area contributed by atoms with Crippen LogP contribution < -0.4 is 10.0 Å². The minimum Gasteiger partial charge on any atom is -0.459 e. The fraction of sp³-hybridized carbons (Fsp3) is 0.238. The molecule has 2 aromatic rings. The van der Waals surface area contributed by atoms with E-state index in [9.17, 15) is 18.0 Å². The average molecular weight is 416 g/mol. The normalized spacial score (nSPS) is 12.0. The Kier molecular flexibility index (Phi) is 7.30. The maximum absolute atomic E-state index is 12.3. The van der Waals surface area contributed by atoms with E-state index in [0.717, 1.165) is 5.56 Å². The fourth-order valence-electron chi connectivity index (χ4n) is 2.25. The van der Waals surface area contributed by atoms with Crippen LogP contribution in [-0.2, 0) is 24.3 Å². The van der Waals surface area contributed by atoms with Crippen molar-refractivity contribution >= 4 is 33.7 Å². The molecule has 0 aliphatic heterocycles. The number of amides is 1. The van der Waals surface area contributed by atoms with Crippen LogP contribution in [0.4, 0.5) is 5.69 Å². The van der Waals surface area contributed by atoms with E-state index < -0.39 is 28.1 Å². The first kappa shape index (κ1) is 22.3. The Morgan fingerprint density at radius 3 is 2.21 bits per heavy atom. The number of sulfonamides is 1. The molecule has 8 heteroatoms. The number of rotatable bonds is 7. The molecule has 0 fully saturated rings. The summed E-state index contributed by atoms with van der Waals surface area (Å²) in [6.45, 7) is 4.62. The maximum Gasteiger partial charge on any atom is 0.321 e. The van der Waals surface area contributed by atoms with Gasteiger partial charge < -0.3 is 10.1 Å². The molecule has 0 radical (unpaired) electrons. The largest absolute Gasteiger partial charge is 0.459 e. The summed E-state index contributed by atoms with van der Waals surface area (Å²) in [4.78, 5) is 23.6. The number of benzene rings is 2. The van der Waals surface area contributed by atoms with E-state index in [1.807, 2.05) is 30.3 Å². The van der Waals surface area contributed by atoms with Crippen LogP contribution in [0.25, 0.3) is 6.08 Å². The smallest absolute Gasteiger partial charge is 0.321 e.